The number of nitrogens with one attached hydrogen (secondary N) is 1. The van der Waals surface area contributed by atoms with Gasteiger partial charge in [-0.15, -0.1) is 16.4 Å². The Hall–Kier alpha value is -3.39. The number of fused-ring (bicyclic) bond motifs is 1. The number of methoxy groups -OCH3 is 1. The number of carbonyl (C=O) groups is 1. The number of benzene rings is 2. The molecule has 0 aliphatic heterocycles. The predicted octanol–water partition coefficient (Wildman–Crippen LogP) is 4.88. The summed E-state index contributed by atoms with van der Waals surface area (Å²) in [6, 6.07) is 13.8. The minimum Gasteiger partial charge on any atom is -0.497 e. The van der Waals surface area contributed by atoms with Crippen molar-refractivity contribution >= 4 is 28.2 Å². The third-order valence-corrected chi connectivity index (χ3v) is 5.72. The molecule has 0 aliphatic rings. The van der Waals surface area contributed by atoms with Crippen LogP contribution in [0.4, 0.5) is 5.95 Å². The van der Waals surface area contributed by atoms with Gasteiger partial charge in [0.2, 0.25) is 16.8 Å². The van der Waals surface area contributed by atoms with Gasteiger partial charge in [-0.05, 0) is 43.5 Å². The Bertz CT molecular complexity index is 1190. The lowest BCUT2D eigenvalue weighted by molar-refractivity contribution is -0.116. The number of anilines is 1. The number of amides is 1. The number of aromatic nitrogens is 3. The zero-order valence-electron chi connectivity index (χ0n) is 17.7. The lowest BCUT2D eigenvalue weighted by Crippen LogP contribution is -2.14. The molecule has 1 N–H and O–H groups in total. The van der Waals surface area contributed by atoms with Crippen molar-refractivity contribution in [3.8, 4) is 22.8 Å². The average Bonchev–Trinajstić information content (AvgIpc) is 3.33. The number of ether oxygens (including phenoxy) is 2. The molecule has 31 heavy (non-hydrogen) atoms. The summed E-state index contributed by atoms with van der Waals surface area (Å²) in [5.41, 5.74) is 4.06. The van der Waals surface area contributed by atoms with Crippen molar-refractivity contribution < 1.29 is 14.3 Å². The molecule has 0 atom stereocenters. The van der Waals surface area contributed by atoms with Crippen molar-refractivity contribution in [3.05, 3.63) is 59.0 Å². The number of aryl methyl sites for hydroxylation is 2. The van der Waals surface area contributed by atoms with Gasteiger partial charge in [0, 0.05) is 17.4 Å². The molecule has 1 amide bonds. The Morgan fingerprint density at radius 1 is 1.16 bits per heavy atom. The molecule has 7 nitrogen and oxygen atoms in total. The van der Waals surface area contributed by atoms with E-state index in [9.17, 15) is 4.79 Å². The quantitative estimate of drug-likeness (QED) is 0.398. The second-order valence-corrected chi connectivity index (χ2v) is 8.04. The first-order chi connectivity index (χ1) is 15.0. The van der Waals surface area contributed by atoms with Crippen LogP contribution in [-0.2, 0) is 4.79 Å². The molecule has 0 spiro atoms. The van der Waals surface area contributed by atoms with E-state index in [0.717, 1.165) is 33.9 Å². The van der Waals surface area contributed by atoms with Gasteiger partial charge in [0.25, 0.3) is 0 Å². The normalized spacial score (nSPS) is 10.9. The van der Waals surface area contributed by atoms with Crippen molar-refractivity contribution in [1.82, 2.24) is 14.6 Å². The molecule has 4 rings (SSSR count). The van der Waals surface area contributed by atoms with Gasteiger partial charge in [0.1, 0.15) is 11.5 Å². The smallest absolute Gasteiger partial charge is 0.250 e. The van der Waals surface area contributed by atoms with Crippen LogP contribution in [0.25, 0.3) is 16.2 Å². The van der Waals surface area contributed by atoms with Crippen molar-refractivity contribution in [2.24, 2.45) is 0 Å². The molecule has 0 bridgehead atoms. The molecule has 0 saturated heterocycles. The van der Waals surface area contributed by atoms with Crippen LogP contribution in [0.1, 0.15) is 24.0 Å². The number of hydrogen-bond donors (Lipinski definition) is 1. The number of nitrogens with zero attached hydrogens (tertiary/aromatic N) is 3. The average molecular weight is 437 g/mol. The van der Waals surface area contributed by atoms with Crippen molar-refractivity contribution in [1.29, 1.82) is 0 Å². The van der Waals surface area contributed by atoms with Crippen LogP contribution in [0.3, 0.4) is 0 Å². The number of rotatable bonds is 8. The highest BCUT2D eigenvalue weighted by Crippen LogP contribution is 2.28. The summed E-state index contributed by atoms with van der Waals surface area (Å²) in [7, 11) is 1.64. The highest BCUT2D eigenvalue weighted by molar-refractivity contribution is 7.15. The standard InChI is InChI=1S/C23H24N4O3S/c1-15-7-4-8-16(2)21(15)30-12-6-11-20(28)24-22-25-23-27(26-22)19(14-31-23)17-9-5-10-18(13-17)29-3/h4-5,7-10,13-14H,6,11-12H2,1-3H3,(H,24,26,28). The minimum atomic E-state index is -0.133. The number of thiazole rings is 1. The van der Waals surface area contributed by atoms with Crippen LogP contribution in [0.15, 0.2) is 47.8 Å². The first kappa shape index (κ1) is 20.9. The fraction of sp³-hybridized carbons (Fsp3) is 0.261. The molecule has 0 fully saturated rings. The van der Waals surface area contributed by atoms with E-state index < -0.39 is 0 Å². The predicted molar refractivity (Wildman–Crippen MR) is 122 cm³/mol. The molecule has 2 heterocycles. The van der Waals surface area contributed by atoms with Gasteiger partial charge in [-0.2, -0.15) is 4.98 Å². The molecule has 0 radical (unpaired) electrons. The lowest BCUT2D eigenvalue weighted by atomic mass is 10.1. The maximum atomic E-state index is 12.3. The molecule has 0 aliphatic carbocycles. The van der Waals surface area contributed by atoms with E-state index in [4.69, 9.17) is 9.47 Å². The molecule has 8 heteroatoms. The fourth-order valence-corrected chi connectivity index (χ4v) is 4.17. The van der Waals surface area contributed by atoms with E-state index in [1.165, 1.54) is 11.3 Å². The van der Waals surface area contributed by atoms with E-state index in [2.05, 4.69) is 15.4 Å². The molecule has 160 valence electrons. The van der Waals surface area contributed by atoms with Crippen molar-refractivity contribution in [2.75, 3.05) is 19.0 Å². The van der Waals surface area contributed by atoms with Gasteiger partial charge in [0.15, 0.2) is 0 Å². The number of hydrogen-bond acceptors (Lipinski definition) is 6. The second-order valence-electron chi connectivity index (χ2n) is 7.20. The Morgan fingerprint density at radius 2 is 1.94 bits per heavy atom. The molecule has 4 aromatic rings. The van der Waals surface area contributed by atoms with Gasteiger partial charge in [-0.25, -0.2) is 4.52 Å². The van der Waals surface area contributed by atoms with Crippen LogP contribution >= 0.6 is 11.3 Å². The van der Waals surface area contributed by atoms with Crippen LogP contribution in [-0.4, -0.2) is 34.2 Å². The number of carbonyl (C=O) groups excluding carboxylic acids is 1. The van der Waals surface area contributed by atoms with Crippen LogP contribution in [0, 0.1) is 13.8 Å². The topological polar surface area (TPSA) is 77.8 Å². The van der Waals surface area contributed by atoms with Crippen LogP contribution < -0.4 is 14.8 Å². The minimum absolute atomic E-state index is 0.133. The zero-order valence-corrected chi connectivity index (χ0v) is 18.5. The Labute approximate surface area is 184 Å². The van der Waals surface area contributed by atoms with E-state index in [1.54, 1.807) is 11.6 Å². The monoisotopic (exact) mass is 436 g/mol. The highest BCUT2D eigenvalue weighted by Gasteiger charge is 2.14. The molecular formula is C23H24N4O3S. The third-order valence-electron chi connectivity index (χ3n) is 4.90. The van der Waals surface area contributed by atoms with E-state index >= 15 is 0 Å². The summed E-state index contributed by atoms with van der Waals surface area (Å²) in [5.74, 6) is 1.83. The SMILES string of the molecule is COc1cccc(-c2csc3nc(NC(=O)CCCOc4c(C)cccc4C)nn23)c1. The van der Waals surface area contributed by atoms with E-state index in [1.807, 2.05) is 61.7 Å². The first-order valence-corrected chi connectivity index (χ1v) is 10.9. The summed E-state index contributed by atoms with van der Waals surface area (Å²) < 4.78 is 12.9. The third kappa shape index (κ3) is 4.69. The Kier molecular flexibility index (Phi) is 6.18. The second kappa shape index (κ2) is 9.18. The van der Waals surface area contributed by atoms with E-state index in [0.29, 0.717) is 30.4 Å². The first-order valence-electron chi connectivity index (χ1n) is 10.0. The molecule has 0 saturated carbocycles. The molecule has 0 unspecified atom stereocenters. The van der Waals surface area contributed by atoms with Crippen LogP contribution in [0.5, 0.6) is 11.5 Å². The Morgan fingerprint density at radius 3 is 2.71 bits per heavy atom. The van der Waals surface area contributed by atoms with Gasteiger partial charge >= 0.3 is 0 Å². The van der Waals surface area contributed by atoms with Crippen molar-refractivity contribution in [2.45, 2.75) is 26.7 Å². The lowest BCUT2D eigenvalue weighted by Gasteiger charge is -2.11. The van der Waals surface area contributed by atoms with E-state index in [-0.39, 0.29) is 5.91 Å². The van der Waals surface area contributed by atoms with Gasteiger partial charge in [0.05, 0.1) is 19.4 Å². The number of para-hydroxylation sites is 1. The fourth-order valence-electron chi connectivity index (χ4n) is 3.34. The van der Waals surface area contributed by atoms with Gasteiger partial charge in [-0.1, -0.05) is 30.3 Å². The Balaban J connectivity index is 1.35. The van der Waals surface area contributed by atoms with Gasteiger partial charge in [-0.3, -0.25) is 10.1 Å². The maximum Gasteiger partial charge on any atom is 0.250 e. The largest absolute Gasteiger partial charge is 0.497 e. The molecule has 2 aromatic carbocycles. The molecule has 2 aromatic heterocycles. The summed E-state index contributed by atoms with van der Waals surface area (Å²) in [5, 5.41) is 9.23. The highest BCUT2D eigenvalue weighted by atomic mass is 32.1. The van der Waals surface area contributed by atoms with Crippen LogP contribution in [0.2, 0.25) is 0 Å². The maximum absolute atomic E-state index is 12.3. The summed E-state index contributed by atoms with van der Waals surface area (Å²) >= 11 is 1.47. The summed E-state index contributed by atoms with van der Waals surface area (Å²) in [4.78, 5) is 17.5. The van der Waals surface area contributed by atoms with Gasteiger partial charge < -0.3 is 9.47 Å². The van der Waals surface area contributed by atoms with Crippen molar-refractivity contribution in [3.63, 3.8) is 0 Å². The summed E-state index contributed by atoms with van der Waals surface area (Å²) in [6.07, 6.45) is 0.942. The molecular weight excluding hydrogens is 412 g/mol. The summed E-state index contributed by atoms with van der Waals surface area (Å²) in [6.45, 7) is 4.51. The zero-order chi connectivity index (χ0) is 21.8.